The second kappa shape index (κ2) is 7.13. The summed E-state index contributed by atoms with van der Waals surface area (Å²) in [6.45, 7) is 2.14. The Morgan fingerprint density at radius 1 is 1.36 bits per heavy atom. The van der Waals surface area contributed by atoms with Crippen molar-refractivity contribution in [2.24, 2.45) is 0 Å². The Morgan fingerprint density at radius 3 is 2.84 bits per heavy atom. The number of hydrogen-bond donors (Lipinski definition) is 0. The molecular formula is C16H16BrN3O3S2. The lowest BCUT2D eigenvalue weighted by molar-refractivity contribution is -0.118. The number of carbonyl (C=O) groups is 1. The highest BCUT2D eigenvalue weighted by atomic mass is 79.9. The predicted molar refractivity (Wildman–Crippen MR) is 101 cm³/mol. The lowest BCUT2D eigenvalue weighted by Crippen LogP contribution is -2.32. The van der Waals surface area contributed by atoms with E-state index < -0.39 is 0 Å². The predicted octanol–water partition coefficient (Wildman–Crippen LogP) is 4.23. The van der Waals surface area contributed by atoms with Gasteiger partial charge in [-0.2, -0.15) is 0 Å². The summed E-state index contributed by atoms with van der Waals surface area (Å²) in [5.74, 6) is 2.38. The van der Waals surface area contributed by atoms with E-state index in [0.717, 1.165) is 44.5 Å². The molecule has 9 heteroatoms. The maximum absolute atomic E-state index is 12.2. The standard InChI is InChI=1S/C16H16BrN3O3S2/c1-2-14(21)20(10-3-4-10)15-18-19-16(25-15)24-7-9-5-12-13(6-11(9)17)23-8-22-12/h5-6,10H,2-4,7-8H2,1H3. The van der Waals surface area contributed by atoms with Gasteiger partial charge in [-0.25, -0.2) is 0 Å². The summed E-state index contributed by atoms with van der Waals surface area (Å²) >= 11 is 6.65. The van der Waals surface area contributed by atoms with Crippen LogP contribution in [-0.4, -0.2) is 28.9 Å². The van der Waals surface area contributed by atoms with Gasteiger partial charge in [0.25, 0.3) is 0 Å². The van der Waals surface area contributed by atoms with Gasteiger partial charge in [-0.15, -0.1) is 10.2 Å². The number of aromatic nitrogens is 2. The van der Waals surface area contributed by atoms with Crippen molar-refractivity contribution in [1.82, 2.24) is 10.2 Å². The molecule has 132 valence electrons. The number of hydrogen-bond acceptors (Lipinski definition) is 7. The lowest BCUT2D eigenvalue weighted by Gasteiger charge is -2.17. The van der Waals surface area contributed by atoms with E-state index in [9.17, 15) is 4.79 Å². The summed E-state index contributed by atoms with van der Waals surface area (Å²) in [6.07, 6.45) is 2.60. The van der Waals surface area contributed by atoms with E-state index in [2.05, 4.69) is 26.1 Å². The fourth-order valence-corrected chi connectivity index (χ4v) is 5.11. The van der Waals surface area contributed by atoms with Crippen LogP contribution in [0.25, 0.3) is 0 Å². The average Bonchev–Trinajstić information content (AvgIpc) is 3.15. The van der Waals surface area contributed by atoms with E-state index in [1.165, 1.54) is 11.3 Å². The Balaban J connectivity index is 1.46. The zero-order valence-corrected chi connectivity index (χ0v) is 16.7. The van der Waals surface area contributed by atoms with Crippen molar-refractivity contribution in [2.75, 3.05) is 11.7 Å². The van der Waals surface area contributed by atoms with E-state index in [4.69, 9.17) is 9.47 Å². The molecule has 0 atom stereocenters. The highest BCUT2D eigenvalue weighted by Gasteiger charge is 2.35. The Morgan fingerprint density at radius 2 is 2.12 bits per heavy atom. The summed E-state index contributed by atoms with van der Waals surface area (Å²) in [6, 6.07) is 4.22. The zero-order chi connectivity index (χ0) is 17.4. The molecular weight excluding hydrogens is 426 g/mol. The van der Waals surface area contributed by atoms with Crippen LogP contribution in [-0.2, 0) is 10.5 Å². The maximum Gasteiger partial charge on any atom is 0.231 e. The average molecular weight is 442 g/mol. The minimum absolute atomic E-state index is 0.119. The largest absolute Gasteiger partial charge is 0.454 e. The van der Waals surface area contributed by atoms with Gasteiger partial charge in [-0.3, -0.25) is 9.69 Å². The summed E-state index contributed by atoms with van der Waals surface area (Å²) in [5, 5.41) is 9.19. The number of anilines is 1. The first-order valence-electron chi connectivity index (χ1n) is 8.02. The number of rotatable bonds is 6. The van der Waals surface area contributed by atoms with Gasteiger partial charge in [0.15, 0.2) is 15.8 Å². The fraction of sp³-hybridized carbons (Fsp3) is 0.438. The topological polar surface area (TPSA) is 64.6 Å². The monoisotopic (exact) mass is 441 g/mol. The third kappa shape index (κ3) is 3.63. The van der Waals surface area contributed by atoms with Crippen LogP contribution in [0, 0.1) is 0 Å². The Kier molecular flexibility index (Phi) is 4.88. The summed E-state index contributed by atoms with van der Waals surface area (Å²) in [7, 11) is 0. The number of halogens is 1. The van der Waals surface area contributed by atoms with Crippen LogP contribution in [0.3, 0.4) is 0 Å². The second-order valence-electron chi connectivity index (χ2n) is 5.78. The lowest BCUT2D eigenvalue weighted by atomic mass is 10.2. The molecule has 1 saturated carbocycles. The summed E-state index contributed by atoms with van der Waals surface area (Å²) in [4.78, 5) is 14.0. The number of nitrogens with zero attached hydrogens (tertiary/aromatic N) is 3. The molecule has 0 unspecified atom stereocenters. The highest BCUT2D eigenvalue weighted by molar-refractivity contribution is 9.10. The Labute approximate surface area is 162 Å². The van der Waals surface area contributed by atoms with Crippen molar-refractivity contribution in [1.29, 1.82) is 0 Å². The van der Waals surface area contributed by atoms with Crippen LogP contribution in [0.5, 0.6) is 11.5 Å². The van der Waals surface area contributed by atoms with Gasteiger partial charge in [0.1, 0.15) is 0 Å². The normalized spacial score (nSPS) is 15.4. The molecule has 0 spiro atoms. The molecule has 1 amide bonds. The number of amides is 1. The van der Waals surface area contributed by atoms with Gasteiger partial charge in [0.2, 0.25) is 17.8 Å². The molecule has 4 rings (SSSR count). The first kappa shape index (κ1) is 17.1. The van der Waals surface area contributed by atoms with E-state index in [0.29, 0.717) is 17.6 Å². The summed E-state index contributed by atoms with van der Waals surface area (Å²) in [5.41, 5.74) is 1.11. The first-order valence-corrected chi connectivity index (χ1v) is 10.6. The molecule has 1 aliphatic heterocycles. The minimum Gasteiger partial charge on any atom is -0.454 e. The first-order chi connectivity index (χ1) is 12.2. The van der Waals surface area contributed by atoms with Crippen LogP contribution in [0.1, 0.15) is 31.7 Å². The van der Waals surface area contributed by atoms with Gasteiger partial charge < -0.3 is 9.47 Å². The van der Waals surface area contributed by atoms with Crippen molar-refractivity contribution in [3.05, 3.63) is 22.2 Å². The van der Waals surface area contributed by atoms with Crippen LogP contribution in [0.4, 0.5) is 5.13 Å². The second-order valence-corrected chi connectivity index (χ2v) is 8.82. The van der Waals surface area contributed by atoms with Crippen LogP contribution < -0.4 is 14.4 Å². The van der Waals surface area contributed by atoms with Crippen molar-refractivity contribution in [2.45, 2.75) is 42.3 Å². The zero-order valence-electron chi connectivity index (χ0n) is 13.5. The number of ether oxygens (including phenoxy) is 2. The van der Waals surface area contributed by atoms with Crippen LogP contribution >= 0.6 is 39.0 Å². The van der Waals surface area contributed by atoms with Crippen molar-refractivity contribution in [3.8, 4) is 11.5 Å². The molecule has 2 aliphatic rings. The quantitative estimate of drug-likeness (QED) is 0.493. The number of fused-ring (bicyclic) bond motifs is 1. The van der Waals surface area contributed by atoms with Gasteiger partial charge >= 0.3 is 0 Å². The molecule has 2 aromatic rings. The Hall–Kier alpha value is -1.32. The molecule has 0 radical (unpaired) electrons. The fourth-order valence-electron chi connectivity index (χ4n) is 2.54. The number of thioether (sulfide) groups is 1. The molecule has 1 aromatic carbocycles. The minimum atomic E-state index is 0.119. The molecule has 0 saturated heterocycles. The van der Waals surface area contributed by atoms with Crippen molar-refractivity contribution < 1.29 is 14.3 Å². The van der Waals surface area contributed by atoms with Gasteiger partial charge in [0, 0.05) is 22.7 Å². The van der Waals surface area contributed by atoms with E-state index in [-0.39, 0.29) is 12.7 Å². The third-order valence-corrected chi connectivity index (χ3v) is 6.82. The third-order valence-electron chi connectivity index (χ3n) is 3.98. The van der Waals surface area contributed by atoms with Gasteiger partial charge in [-0.05, 0) is 30.5 Å². The molecule has 25 heavy (non-hydrogen) atoms. The van der Waals surface area contributed by atoms with Gasteiger partial charge in [-0.1, -0.05) is 46.0 Å². The molecule has 1 aliphatic carbocycles. The SMILES string of the molecule is CCC(=O)N(c1nnc(SCc2cc3c(cc2Br)OCO3)s1)C1CC1. The number of benzene rings is 1. The van der Waals surface area contributed by atoms with Crippen molar-refractivity contribution >= 4 is 50.1 Å². The van der Waals surface area contributed by atoms with Crippen LogP contribution in [0.2, 0.25) is 0 Å². The molecule has 6 nitrogen and oxygen atoms in total. The smallest absolute Gasteiger partial charge is 0.231 e. The van der Waals surface area contributed by atoms with E-state index >= 15 is 0 Å². The number of carbonyl (C=O) groups excluding carboxylic acids is 1. The van der Waals surface area contributed by atoms with Gasteiger partial charge in [0.05, 0.1) is 0 Å². The van der Waals surface area contributed by atoms with Crippen LogP contribution in [0.15, 0.2) is 20.9 Å². The molecule has 2 heterocycles. The van der Waals surface area contributed by atoms with Crippen molar-refractivity contribution in [3.63, 3.8) is 0 Å². The van der Waals surface area contributed by atoms with E-state index in [1.807, 2.05) is 24.0 Å². The molecule has 0 N–H and O–H groups in total. The maximum atomic E-state index is 12.2. The highest BCUT2D eigenvalue weighted by Crippen LogP contribution is 2.40. The van der Waals surface area contributed by atoms with E-state index in [1.54, 1.807) is 11.8 Å². The Bertz CT molecular complexity index is 810. The molecule has 0 bridgehead atoms. The molecule has 1 aromatic heterocycles. The summed E-state index contributed by atoms with van der Waals surface area (Å²) < 4.78 is 12.6. The molecule has 1 fully saturated rings.